The molecule has 0 saturated carbocycles. The van der Waals surface area contributed by atoms with Crippen molar-refractivity contribution in [1.29, 1.82) is 0 Å². The van der Waals surface area contributed by atoms with Gasteiger partial charge in [0.25, 0.3) is 0 Å². The van der Waals surface area contributed by atoms with E-state index in [1.807, 2.05) is 0 Å². The van der Waals surface area contributed by atoms with Gasteiger partial charge in [0, 0.05) is 12.6 Å². The SMILES string of the molecule is CC(C)C1CC2C=CC1NC2. The summed E-state index contributed by atoms with van der Waals surface area (Å²) in [5.41, 5.74) is 0. The summed E-state index contributed by atoms with van der Waals surface area (Å²) >= 11 is 0. The molecule has 1 nitrogen and oxygen atoms in total. The van der Waals surface area contributed by atoms with Gasteiger partial charge >= 0.3 is 0 Å². The summed E-state index contributed by atoms with van der Waals surface area (Å²) < 4.78 is 0. The van der Waals surface area contributed by atoms with Crippen molar-refractivity contribution in [3.63, 3.8) is 0 Å². The van der Waals surface area contributed by atoms with E-state index >= 15 is 0 Å². The Morgan fingerprint density at radius 1 is 1.36 bits per heavy atom. The lowest BCUT2D eigenvalue weighted by atomic mass is 9.74. The number of hydrogen-bond acceptors (Lipinski definition) is 1. The lowest BCUT2D eigenvalue weighted by Gasteiger charge is -2.41. The molecule has 62 valence electrons. The van der Waals surface area contributed by atoms with Crippen molar-refractivity contribution >= 4 is 0 Å². The molecule has 1 fully saturated rings. The smallest absolute Gasteiger partial charge is 0.0281 e. The fourth-order valence-corrected chi connectivity index (χ4v) is 2.34. The molecule has 1 N–H and O–H groups in total. The molecular formula is C10H17N. The Hall–Kier alpha value is -0.300. The zero-order valence-electron chi connectivity index (χ0n) is 7.38. The average Bonchev–Trinajstić information content (AvgIpc) is 2.06. The normalized spacial score (nSPS) is 41.9. The molecule has 3 atom stereocenters. The third kappa shape index (κ3) is 1.22. The van der Waals surface area contributed by atoms with Crippen molar-refractivity contribution < 1.29 is 0 Å². The second kappa shape index (κ2) is 2.63. The van der Waals surface area contributed by atoms with Crippen LogP contribution in [0.25, 0.3) is 0 Å². The molecule has 0 aromatic carbocycles. The Bertz CT molecular complexity index is 172. The summed E-state index contributed by atoms with van der Waals surface area (Å²) in [6.07, 6.45) is 6.16. The minimum atomic E-state index is 0.681. The molecule has 0 aromatic heterocycles. The van der Waals surface area contributed by atoms with Crippen LogP contribution in [0.5, 0.6) is 0 Å². The Morgan fingerprint density at radius 3 is 2.45 bits per heavy atom. The number of nitrogens with one attached hydrogen (secondary N) is 1. The average molecular weight is 151 g/mol. The third-order valence-electron chi connectivity index (χ3n) is 3.10. The third-order valence-corrected chi connectivity index (χ3v) is 3.10. The van der Waals surface area contributed by atoms with Gasteiger partial charge in [0.1, 0.15) is 0 Å². The number of fused-ring (bicyclic) bond motifs is 2. The Balaban J connectivity index is 2.11. The van der Waals surface area contributed by atoms with Crippen LogP contribution in [0.15, 0.2) is 12.2 Å². The molecule has 0 radical (unpaired) electrons. The summed E-state index contributed by atoms with van der Waals surface area (Å²) in [6, 6.07) is 0.681. The van der Waals surface area contributed by atoms with Gasteiger partial charge in [-0.05, 0) is 24.2 Å². The molecule has 3 rings (SSSR count). The van der Waals surface area contributed by atoms with E-state index in [-0.39, 0.29) is 0 Å². The van der Waals surface area contributed by atoms with Gasteiger partial charge in [-0.1, -0.05) is 26.0 Å². The number of hydrogen-bond donors (Lipinski definition) is 1. The van der Waals surface area contributed by atoms with Crippen LogP contribution in [0, 0.1) is 17.8 Å². The predicted octanol–water partition coefficient (Wildman–Crippen LogP) is 1.81. The molecule has 0 aromatic rings. The van der Waals surface area contributed by atoms with Crippen LogP contribution in [0.4, 0.5) is 0 Å². The van der Waals surface area contributed by atoms with Crippen LogP contribution < -0.4 is 5.32 Å². The molecule has 1 aliphatic carbocycles. The van der Waals surface area contributed by atoms with E-state index in [9.17, 15) is 0 Å². The highest BCUT2D eigenvalue weighted by Gasteiger charge is 2.32. The molecule has 11 heavy (non-hydrogen) atoms. The molecular weight excluding hydrogens is 134 g/mol. The Morgan fingerprint density at radius 2 is 2.18 bits per heavy atom. The van der Waals surface area contributed by atoms with Gasteiger partial charge in [0.2, 0.25) is 0 Å². The van der Waals surface area contributed by atoms with Gasteiger partial charge in [-0.15, -0.1) is 0 Å². The standard InChI is InChI=1S/C10H17N/c1-7(2)9-5-8-3-4-10(9)11-6-8/h3-4,7-11H,5-6H2,1-2H3. The predicted molar refractivity (Wildman–Crippen MR) is 47.4 cm³/mol. The molecule has 2 aliphatic heterocycles. The quantitative estimate of drug-likeness (QED) is 0.563. The van der Waals surface area contributed by atoms with Crippen molar-refractivity contribution in [3.8, 4) is 0 Å². The highest BCUT2D eigenvalue weighted by Crippen LogP contribution is 2.32. The van der Waals surface area contributed by atoms with E-state index in [0.717, 1.165) is 17.8 Å². The van der Waals surface area contributed by atoms with Crippen molar-refractivity contribution in [2.24, 2.45) is 17.8 Å². The summed E-state index contributed by atoms with van der Waals surface area (Å²) in [5, 5.41) is 3.56. The van der Waals surface area contributed by atoms with Crippen LogP contribution in [0.3, 0.4) is 0 Å². The number of piperidine rings is 1. The zero-order chi connectivity index (χ0) is 7.84. The largest absolute Gasteiger partial charge is 0.310 e. The van der Waals surface area contributed by atoms with Crippen LogP contribution >= 0.6 is 0 Å². The molecule has 0 spiro atoms. The van der Waals surface area contributed by atoms with Crippen molar-refractivity contribution in [2.45, 2.75) is 26.3 Å². The highest BCUT2D eigenvalue weighted by atomic mass is 14.9. The lowest BCUT2D eigenvalue weighted by molar-refractivity contribution is 0.202. The maximum absolute atomic E-state index is 3.56. The topological polar surface area (TPSA) is 12.0 Å². The van der Waals surface area contributed by atoms with Crippen molar-refractivity contribution in [3.05, 3.63) is 12.2 Å². The highest BCUT2D eigenvalue weighted by molar-refractivity contribution is 5.10. The van der Waals surface area contributed by atoms with Gasteiger partial charge in [-0.25, -0.2) is 0 Å². The fraction of sp³-hybridized carbons (Fsp3) is 0.800. The minimum absolute atomic E-state index is 0.681. The maximum atomic E-state index is 3.56. The molecule has 1 saturated heterocycles. The monoisotopic (exact) mass is 151 g/mol. The van der Waals surface area contributed by atoms with Crippen LogP contribution in [-0.2, 0) is 0 Å². The van der Waals surface area contributed by atoms with E-state index < -0.39 is 0 Å². The first-order chi connectivity index (χ1) is 5.27. The fourth-order valence-electron chi connectivity index (χ4n) is 2.34. The first-order valence-corrected chi connectivity index (χ1v) is 4.69. The second-order valence-corrected chi connectivity index (χ2v) is 4.22. The molecule has 3 unspecified atom stereocenters. The zero-order valence-corrected chi connectivity index (χ0v) is 7.38. The Kier molecular flexibility index (Phi) is 1.76. The van der Waals surface area contributed by atoms with E-state index in [4.69, 9.17) is 0 Å². The molecule has 2 bridgehead atoms. The summed E-state index contributed by atoms with van der Waals surface area (Å²) in [4.78, 5) is 0. The summed E-state index contributed by atoms with van der Waals surface area (Å²) in [7, 11) is 0. The minimum Gasteiger partial charge on any atom is -0.310 e. The first-order valence-electron chi connectivity index (χ1n) is 4.69. The second-order valence-electron chi connectivity index (χ2n) is 4.22. The van der Waals surface area contributed by atoms with Crippen LogP contribution in [0.2, 0.25) is 0 Å². The summed E-state index contributed by atoms with van der Waals surface area (Å²) in [6.45, 7) is 5.88. The number of rotatable bonds is 1. The van der Waals surface area contributed by atoms with Gasteiger partial charge in [0.15, 0.2) is 0 Å². The molecule has 2 heterocycles. The van der Waals surface area contributed by atoms with Gasteiger partial charge in [-0.2, -0.15) is 0 Å². The molecule has 1 heteroatoms. The van der Waals surface area contributed by atoms with Gasteiger partial charge < -0.3 is 5.32 Å². The van der Waals surface area contributed by atoms with Gasteiger partial charge in [-0.3, -0.25) is 0 Å². The van der Waals surface area contributed by atoms with Crippen molar-refractivity contribution in [1.82, 2.24) is 5.32 Å². The van der Waals surface area contributed by atoms with E-state index in [1.54, 1.807) is 0 Å². The molecule has 0 amide bonds. The van der Waals surface area contributed by atoms with Gasteiger partial charge in [0.05, 0.1) is 0 Å². The Labute approximate surface area is 68.9 Å². The lowest BCUT2D eigenvalue weighted by Crippen LogP contribution is -2.48. The van der Waals surface area contributed by atoms with E-state index in [0.29, 0.717) is 6.04 Å². The molecule has 3 aliphatic rings. The maximum Gasteiger partial charge on any atom is 0.0281 e. The van der Waals surface area contributed by atoms with Crippen LogP contribution in [0.1, 0.15) is 20.3 Å². The van der Waals surface area contributed by atoms with Crippen molar-refractivity contribution in [2.75, 3.05) is 6.54 Å². The van der Waals surface area contributed by atoms with E-state index in [2.05, 4.69) is 31.3 Å². The van der Waals surface area contributed by atoms with E-state index in [1.165, 1.54) is 13.0 Å². The van der Waals surface area contributed by atoms with Crippen LogP contribution in [-0.4, -0.2) is 12.6 Å². The first kappa shape index (κ1) is 7.35. The summed E-state index contributed by atoms with van der Waals surface area (Å²) in [5.74, 6) is 2.55.